The lowest BCUT2D eigenvalue weighted by Crippen LogP contribution is -2.47. The van der Waals surface area contributed by atoms with Gasteiger partial charge >= 0.3 is 0 Å². The summed E-state index contributed by atoms with van der Waals surface area (Å²) in [6.45, 7) is 14.5. The number of pyridine rings is 1. The molecule has 1 aliphatic heterocycles. The molecule has 2 heterocycles. The van der Waals surface area contributed by atoms with Gasteiger partial charge in [-0.1, -0.05) is 26.8 Å². The fourth-order valence-corrected chi connectivity index (χ4v) is 2.82. The Balaban J connectivity index is 2.11. The molecule has 2 atom stereocenters. The number of nitrogens with one attached hydrogen (secondary N) is 1. The second kappa shape index (κ2) is 6.23. The molecule has 20 heavy (non-hydrogen) atoms. The first-order chi connectivity index (χ1) is 9.36. The van der Waals surface area contributed by atoms with Crippen LogP contribution in [-0.4, -0.2) is 35.1 Å². The number of hydrogen-bond acceptors (Lipinski definition) is 3. The van der Waals surface area contributed by atoms with E-state index in [4.69, 9.17) is 0 Å². The molecule has 1 fully saturated rings. The van der Waals surface area contributed by atoms with Crippen LogP contribution in [0.2, 0.25) is 0 Å². The fraction of sp³-hybridized carbons (Fsp3) is 0.706. The Morgan fingerprint density at radius 1 is 1.35 bits per heavy atom. The topological polar surface area (TPSA) is 28.2 Å². The maximum absolute atomic E-state index is 4.66. The molecule has 2 rings (SSSR count). The van der Waals surface area contributed by atoms with Crippen molar-refractivity contribution >= 4 is 0 Å². The molecule has 0 amide bonds. The second-order valence-electron chi connectivity index (χ2n) is 7.21. The highest BCUT2D eigenvalue weighted by molar-refractivity contribution is 5.10. The van der Waals surface area contributed by atoms with E-state index in [-0.39, 0.29) is 0 Å². The monoisotopic (exact) mass is 275 g/mol. The van der Waals surface area contributed by atoms with Crippen LogP contribution >= 0.6 is 0 Å². The van der Waals surface area contributed by atoms with Gasteiger partial charge in [0.05, 0.1) is 5.69 Å². The van der Waals surface area contributed by atoms with Gasteiger partial charge in [-0.3, -0.25) is 9.88 Å². The molecule has 1 aromatic heterocycles. The molecule has 0 spiro atoms. The Bertz CT molecular complexity index is 436. The van der Waals surface area contributed by atoms with Crippen LogP contribution < -0.4 is 5.32 Å². The minimum atomic E-state index is 0.294. The maximum atomic E-state index is 4.66. The van der Waals surface area contributed by atoms with Gasteiger partial charge in [-0.2, -0.15) is 0 Å². The predicted octanol–water partition coefficient (Wildman–Crippen LogP) is 2.99. The highest BCUT2D eigenvalue weighted by atomic mass is 15.2. The van der Waals surface area contributed by atoms with E-state index in [1.807, 2.05) is 0 Å². The Kier molecular flexibility index (Phi) is 4.82. The second-order valence-corrected chi connectivity index (χ2v) is 7.21. The molecule has 0 aromatic carbocycles. The highest BCUT2D eigenvalue weighted by Crippen LogP contribution is 2.24. The summed E-state index contributed by atoms with van der Waals surface area (Å²) in [5.41, 5.74) is 2.59. The lowest BCUT2D eigenvalue weighted by Gasteiger charge is -2.35. The number of nitrogens with zero attached hydrogens (tertiary/aromatic N) is 2. The van der Waals surface area contributed by atoms with Gasteiger partial charge in [0.1, 0.15) is 0 Å². The molecule has 112 valence electrons. The molecular formula is C17H29N3. The summed E-state index contributed by atoms with van der Waals surface area (Å²) in [4.78, 5) is 7.24. The van der Waals surface area contributed by atoms with Crippen LogP contribution in [0.5, 0.6) is 0 Å². The van der Waals surface area contributed by atoms with E-state index >= 15 is 0 Å². The smallest absolute Gasteiger partial charge is 0.0547 e. The van der Waals surface area contributed by atoms with Crippen molar-refractivity contribution in [1.29, 1.82) is 0 Å². The molecule has 0 bridgehead atoms. The Labute approximate surface area is 123 Å². The molecule has 1 saturated heterocycles. The largest absolute Gasteiger partial charge is 0.312 e. The molecular weight excluding hydrogens is 246 g/mol. The molecule has 3 heteroatoms. The van der Waals surface area contributed by atoms with E-state index in [1.54, 1.807) is 0 Å². The summed E-state index contributed by atoms with van der Waals surface area (Å²) < 4.78 is 0. The van der Waals surface area contributed by atoms with E-state index in [0.29, 0.717) is 17.5 Å². The third-order valence-electron chi connectivity index (χ3n) is 4.35. The van der Waals surface area contributed by atoms with Crippen LogP contribution in [0.15, 0.2) is 18.2 Å². The van der Waals surface area contributed by atoms with Crippen LogP contribution in [-0.2, 0) is 6.54 Å². The molecule has 0 radical (unpaired) electrons. The average molecular weight is 275 g/mol. The zero-order chi connectivity index (χ0) is 14.8. The molecule has 0 aliphatic carbocycles. The third-order valence-corrected chi connectivity index (χ3v) is 4.35. The summed E-state index contributed by atoms with van der Waals surface area (Å²) in [7, 11) is 0. The summed E-state index contributed by atoms with van der Waals surface area (Å²) in [5, 5.41) is 3.72. The summed E-state index contributed by atoms with van der Waals surface area (Å²) in [5.74, 6) is 0. The average Bonchev–Trinajstić information content (AvgIpc) is 2.52. The number of aryl methyl sites for hydroxylation is 1. The van der Waals surface area contributed by atoms with Gasteiger partial charge in [-0.25, -0.2) is 0 Å². The summed E-state index contributed by atoms with van der Waals surface area (Å²) in [6.07, 6.45) is 1.21. The lowest BCUT2D eigenvalue weighted by atomic mass is 9.86. The Morgan fingerprint density at radius 3 is 2.75 bits per heavy atom. The van der Waals surface area contributed by atoms with Crippen molar-refractivity contribution in [3.05, 3.63) is 29.6 Å². The zero-order valence-corrected chi connectivity index (χ0v) is 13.6. The Hall–Kier alpha value is -0.930. The molecule has 1 N–H and O–H groups in total. The van der Waals surface area contributed by atoms with E-state index in [2.05, 4.69) is 68.0 Å². The quantitative estimate of drug-likeness (QED) is 0.899. The van der Waals surface area contributed by atoms with Crippen LogP contribution in [0.3, 0.4) is 0 Å². The predicted molar refractivity (Wildman–Crippen MR) is 84.7 cm³/mol. The number of hydrogen-bond donors (Lipinski definition) is 1. The van der Waals surface area contributed by atoms with Crippen molar-refractivity contribution in [2.24, 2.45) is 5.41 Å². The number of aromatic nitrogens is 1. The van der Waals surface area contributed by atoms with E-state index < -0.39 is 0 Å². The van der Waals surface area contributed by atoms with Gasteiger partial charge in [0.15, 0.2) is 0 Å². The normalized spacial score (nSPS) is 25.4. The molecule has 3 nitrogen and oxygen atoms in total. The van der Waals surface area contributed by atoms with E-state index in [9.17, 15) is 0 Å². The fourth-order valence-electron chi connectivity index (χ4n) is 2.82. The van der Waals surface area contributed by atoms with Crippen molar-refractivity contribution in [3.8, 4) is 0 Å². The van der Waals surface area contributed by atoms with Crippen molar-refractivity contribution in [1.82, 2.24) is 15.2 Å². The number of rotatable bonds is 2. The van der Waals surface area contributed by atoms with E-state index in [1.165, 1.54) is 12.1 Å². The first-order valence-electron chi connectivity index (χ1n) is 7.76. The van der Waals surface area contributed by atoms with Crippen molar-refractivity contribution in [2.75, 3.05) is 13.1 Å². The van der Waals surface area contributed by atoms with Gasteiger partial charge in [-0.15, -0.1) is 0 Å². The maximum Gasteiger partial charge on any atom is 0.0547 e. The Morgan fingerprint density at radius 2 is 2.10 bits per heavy atom. The lowest BCUT2D eigenvalue weighted by molar-refractivity contribution is 0.156. The van der Waals surface area contributed by atoms with Gasteiger partial charge in [0.25, 0.3) is 0 Å². The highest BCUT2D eigenvalue weighted by Gasteiger charge is 2.30. The van der Waals surface area contributed by atoms with Crippen LogP contribution in [0.1, 0.15) is 45.5 Å². The summed E-state index contributed by atoms with van der Waals surface area (Å²) in [6, 6.07) is 7.47. The van der Waals surface area contributed by atoms with Gasteiger partial charge < -0.3 is 5.32 Å². The van der Waals surface area contributed by atoms with Crippen LogP contribution in [0.25, 0.3) is 0 Å². The van der Waals surface area contributed by atoms with E-state index in [0.717, 1.165) is 25.3 Å². The van der Waals surface area contributed by atoms with Gasteiger partial charge in [0.2, 0.25) is 0 Å². The zero-order valence-electron chi connectivity index (χ0n) is 13.6. The first-order valence-corrected chi connectivity index (χ1v) is 7.76. The first kappa shape index (κ1) is 15.5. The summed E-state index contributed by atoms with van der Waals surface area (Å²) >= 11 is 0. The molecule has 1 aromatic rings. The third kappa shape index (κ3) is 4.03. The van der Waals surface area contributed by atoms with Crippen molar-refractivity contribution in [3.63, 3.8) is 0 Å². The van der Waals surface area contributed by atoms with Crippen LogP contribution in [0.4, 0.5) is 0 Å². The SMILES string of the molecule is Cc1cccc(CN2CC(C(C)(C)C)NCCC2C)n1. The molecule has 2 unspecified atom stereocenters. The molecule has 0 saturated carbocycles. The standard InChI is InChI=1S/C17H29N3/c1-13-7-6-8-15(19-13)11-20-12-16(17(3,4)5)18-10-9-14(20)2/h6-8,14,16,18H,9-12H2,1-5H3. The minimum absolute atomic E-state index is 0.294. The molecule has 1 aliphatic rings. The van der Waals surface area contributed by atoms with Gasteiger partial charge in [0, 0.05) is 30.9 Å². The minimum Gasteiger partial charge on any atom is -0.312 e. The van der Waals surface area contributed by atoms with Crippen molar-refractivity contribution in [2.45, 2.75) is 59.7 Å². The van der Waals surface area contributed by atoms with Crippen molar-refractivity contribution < 1.29 is 0 Å². The van der Waals surface area contributed by atoms with Gasteiger partial charge in [-0.05, 0) is 44.4 Å². The van der Waals surface area contributed by atoms with Crippen LogP contribution in [0, 0.1) is 12.3 Å².